The number of rotatable bonds is 7. The minimum Gasteiger partial charge on any atom is -0.495 e. The summed E-state index contributed by atoms with van der Waals surface area (Å²) in [5.41, 5.74) is 2.35. The number of halogens is 1. The van der Waals surface area contributed by atoms with Crippen LogP contribution >= 0.6 is 11.6 Å². The summed E-state index contributed by atoms with van der Waals surface area (Å²) >= 11 is 6.06. The third-order valence-electron chi connectivity index (χ3n) is 4.32. The summed E-state index contributed by atoms with van der Waals surface area (Å²) in [6.07, 6.45) is 1.58. The molecule has 0 aliphatic rings. The van der Waals surface area contributed by atoms with Gasteiger partial charge >= 0.3 is 0 Å². The average Bonchev–Trinajstić information content (AvgIpc) is 2.73. The largest absolute Gasteiger partial charge is 0.495 e. The number of nitrogens with one attached hydrogen (secondary N) is 1. The Morgan fingerprint density at radius 2 is 1.93 bits per heavy atom. The zero-order chi connectivity index (χ0) is 19.9. The molecule has 0 fully saturated rings. The predicted molar refractivity (Wildman–Crippen MR) is 112 cm³/mol. The molecule has 5 nitrogen and oxygen atoms in total. The maximum absolute atomic E-state index is 12.8. The summed E-state index contributed by atoms with van der Waals surface area (Å²) in [5, 5.41) is 3.76. The summed E-state index contributed by atoms with van der Waals surface area (Å²) in [4.78, 5) is 19.0. The number of aromatic nitrogens is 1. The minimum absolute atomic E-state index is 0.0502. The summed E-state index contributed by atoms with van der Waals surface area (Å²) in [6, 6.07) is 18.8. The first-order chi connectivity index (χ1) is 13.6. The molecular weight excluding hydrogens is 374 g/mol. The number of carbonyl (C=O) groups is 1. The fourth-order valence-corrected chi connectivity index (χ4v) is 3.00. The molecule has 1 N–H and O–H groups in total. The second-order valence-corrected chi connectivity index (χ2v) is 6.64. The van der Waals surface area contributed by atoms with E-state index in [4.69, 9.17) is 16.3 Å². The fraction of sp³-hybridized carbons (Fsp3) is 0.182. The third-order valence-corrected chi connectivity index (χ3v) is 4.55. The summed E-state index contributed by atoms with van der Waals surface area (Å²) in [5.74, 6) is 1.21. The van der Waals surface area contributed by atoms with Crippen LogP contribution in [0.2, 0.25) is 5.02 Å². The van der Waals surface area contributed by atoms with E-state index < -0.39 is 0 Å². The highest BCUT2D eigenvalue weighted by Gasteiger charge is 2.15. The van der Waals surface area contributed by atoms with Crippen LogP contribution in [0.1, 0.15) is 22.8 Å². The van der Waals surface area contributed by atoms with Gasteiger partial charge in [0.2, 0.25) is 0 Å². The van der Waals surface area contributed by atoms with E-state index >= 15 is 0 Å². The van der Waals surface area contributed by atoms with E-state index in [1.807, 2.05) is 37.3 Å². The van der Waals surface area contributed by atoms with Gasteiger partial charge in [0.1, 0.15) is 11.6 Å². The maximum atomic E-state index is 12.8. The molecular formula is C22H22ClN3O2. The Balaban J connectivity index is 1.72. The van der Waals surface area contributed by atoms with E-state index in [0.717, 1.165) is 5.56 Å². The number of ether oxygens (including phenoxy) is 1. The van der Waals surface area contributed by atoms with Gasteiger partial charge in [-0.25, -0.2) is 4.98 Å². The first-order valence-corrected chi connectivity index (χ1v) is 9.38. The lowest BCUT2D eigenvalue weighted by molar-refractivity contribution is 0.0752. The van der Waals surface area contributed by atoms with Crippen molar-refractivity contribution in [2.24, 2.45) is 0 Å². The van der Waals surface area contributed by atoms with Crippen LogP contribution in [0.5, 0.6) is 5.75 Å². The molecule has 0 aliphatic carbocycles. The van der Waals surface area contributed by atoms with Crippen LogP contribution in [0.3, 0.4) is 0 Å². The van der Waals surface area contributed by atoms with Gasteiger partial charge < -0.3 is 15.0 Å². The molecule has 0 aliphatic heterocycles. The van der Waals surface area contributed by atoms with Crippen molar-refractivity contribution in [3.05, 3.63) is 83.0 Å². The maximum Gasteiger partial charge on any atom is 0.255 e. The Bertz CT molecular complexity index is 930. The number of hydrogen-bond acceptors (Lipinski definition) is 4. The number of benzene rings is 2. The molecule has 0 spiro atoms. The van der Waals surface area contributed by atoms with Gasteiger partial charge in [0.05, 0.1) is 18.4 Å². The van der Waals surface area contributed by atoms with Gasteiger partial charge in [-0.05, 0) is 42.8 Å². The number of anilines is 2. The summed E-state index contributed by atoms with van der Waals surface area (Å²) in [7, 11) is 1.59. The van der Waals surface area contributed by atoms with Crippen molar-refractivity contribution in [3.8, 4) is 5.75 Å². The molecule has 1 aromatic heterocycles. The lowest BCUT2D eigenvalue weighted by atomic mass is 10.2. The Morgan fingerprint density at radius 3 is 2.57 bits per heavy atom. The summed E-state index contributed by atoms with van der Waals surface area (Å²) < 4.78 is 5.33. The highest BCUT2D eigenvalue weighted by molar-refractivity contribution is 6.31. The van der Waals surface area contributed by atoms with Gasteiger partial charge in [0.25, 0.3) is 5.91 Å². The molecule has 2 aromatic carbocycles. The zero-order valence-corrected chi connectivity index (χ0v) is 16.6. The molecule has 144 valence electrons. The van der Waals surface area contributed by atoms with Gasteiger partial charge in [-0.2, -0.15) is 0 Å². The van der Waals surface area contributed by atoms with Gasteiger partial charge in [-0.1, -0.05) is 41.9 Å². The van der Waals surface area contributed by atoms with Gasteiger partial charge in [0, 0.05) is 24.3 Å². The minimum atomic E-state index is -0.0502. The van der Waals surface area contributed by atoms with Crippen LogP contribution < -0.4 is 10.1 Å². The van der Waals surface area contributed by atoms with Crippen molar-refractivity contribution >= 4 is 29.0 Å². The molecule has 1 amide bonds. The van der Waals surface area contributed by atoms with Crippen molar-refractivity contribution in [3.63, 3.8) is 0 Å². The fourth-order valence-electron chi connectivity index (χ4n) is 2.82. The van der Waals surface area contributed by atoms with Crippen molar-refractivity contribution in [1.29, 1.82) is 0 Å². The standard InChI is InChI=1S/C22H22ClN3O2/c1-3-26(15-16-7-5-4-6-8-16)22(27)17-9-12-21(24-14-17)25-19-13-18(23)10-11-20(19)28-2/h4-14H,3,15H2,1-2H3,(H,24,25). The molecule has 3 rings (SSSR count). The van der Waals surface area contributed by atoms with E-state index in [-0.39, 0.29) is 5.91 Å². The highest BCUT2D eigenvalue weighted by atomic mass is 35.5. The highest BCUT2D eigenvalue weighted by Crippen LogP contribution is 2.29. The molecule has 1 heterocycles. The van der Waals surface area contributed by atoms with Crippen LogP contribution in [-0.2, 0) is 6.54 Å². The van der Waals surface area contributed by atoms with Gasteiger partial charge in [-0.3, -0.25) is 4.79 Å². The Hall–Kier alpha value is -3.05. The molecule has 6 heteroatoms. The van der Waals surface area contributed by atoms with E-state index in [0.29, 0.717) is 40.9 Å². The molecule has 28 heavy (non-hydrogen) atoms. The number of nitrogens with zero attached hydrogens (tertiary/aromatic N) is 2. The normalized spacial score (nSPS) is 10.4. The quantitative estimate of drug-likeness (QED) is 0.601. The second-order valence-electron chi connectivity index (χ2n) is 6.21. The first kappa shape index (κ1) is 19.7. The second kappa shape index (κ2) is 9.24. The van der Waals surface area contributed by atoms with Crippen LogP contribution in [0.15, 0.2) is 66.9 Å². The van der Waals surface area contributed by atoms with E-state index in [9.17, 15) is 4.79 Å². The molecule has 0 radical (unpaired) electrons. The Morgan fingerprint density at radius 1 is 1.14 bits per heavy atom. The third kappa shape index (κ3) is 4.81. The molecule has 3 aromatic rings. The van der Waals surface area contributed by atoms with E-state index in [1.54, 1.807) is 48.5 Å². The molecule has 0 bridgehead atoms. The topological polar surface area (TPSA) is 54.5 Å². The summed E-state index contributed by atoms with van der Waals surface area (Å²) in [6.45, 7) is 3.15. The zero-order valence-electron chi connectivity index (χ0n) is 15.9. The predicted octanol–water partition coefficient (Wildman–Crippen LogP) is 5.15. The van der Waals surface area contributed by atoms with Crippen molar-refractivity contribution < 1.29 is 9.53 Å². The van der Waals surface area contributed by atoms with Gasteiger partial charge in [0.15, 0.2) is 0 Å². The van der Waals surface area contributed by atoms with E-state index in [2.05, 4.69) is 10.3 Å². The number of carbonyl (C=O) groups excluding carboxylic acids is 1. The molecule has 0 atom stereocenters. The van der Waals surface area contributed by atoms with Gasteiger partial charge in [-0.15, -0.1) is 0 Å². The Labute approximate surface area is 169 Å². The van der Waals surface area contributed by atoms with E-state index in [1.165, 1.54) is 0 Å². The van der Waals surface area contributed by atoms with Crippen molar-refractivity contribution in [1.82, 2.24) is 9.88 Å². The SMILES string of the molecule is CCN(Cc1ccccc1)C(=O)c1ccc(Nc2cc(Cl)ccc2OC)nc1. The molecule has 0 saturated heterocycles. The van der Waals surface area contributed by atoms with Crippen LogP contribution in [0.4, 0.5) is 11.5 Å². The Kier molecular flexibility index (Phi) is 6.50. The van der Waals surface area contributed by atoms with Crippen molar-refractivity contribution in [2.75, 3.05) is 19.0 Å². The lowest BCUT2D eigenvalue weighted by Gasteiger charge is -2.21. The van der Waals surface area contributed by atoms with Crippen molar-refractivity contribution in [2.45, 2.75) is 13.5 Å². The molecule has 0 unspecified atom stereocenters. The monoisotopic (exact) mass is 395 g/mol. The van der Waals surface area contributed by atoms with Crippen LogP contribution in [0, 0.1) is 0 Å². The first-order valence-electron chi connectivity index (χ1n) is 9.00. The van der Waals surface area contributed by atoms with Crippen LogP contribution in [-0.4, -0.2) is 29.4 Å². The number of methoxy groups -OCH3 is 1. The average molecular weight is 396 g/mol. The smallest absolute Gasteiger partial charge is 0.255 e. The van der Waals surface area contributed by atoms with Crippen LogP contribution in [0.25, 0.3) is 0 Å². The molecule has 0 saturated carbocycles. The number of pyridine rings is 1. The number of amides is 1. The lowest BCUT2D eigenvalue weighted by Crippen LogP contribution is -2.30. The number of hydrogen-bond donors (Lipinski definition) is 1.